The highest BCUT2D eigenvalue weighted by Crippen LogP contribution is 2.34. The highest BCUT2D eigenvalue weighted by molar-refractivity contribution is 6.17. The Morgan fingerprint density at radius 2 is 1.76 bits per heavy atom. The molecule has 0 aromatic heterocycles. The maximum absolute atomic E-state index is 12.5. The van der Waals surface area contributed by atoms with Gasteiger partial charge in [-0.1, -0.05) is 66.7 Å². The minimum absolute atomic E-state index is 0.126. The van der Waals surface area contributed by atoms with Crippen molar-refractivity contribution in [1.82, 2.24) is 0 Å². The second-order valence-electron chi connectivity index (χ2n) is 6.63. The van der Waals surface area contributed by atoms with Crippen LogP contribution in [0.1, 0.15) is 27.0 Å². The maximum Gasteiger partial charge on any atom is 0.231 e. The van der Waals surface area contributed by atoms with E-state index >= 15 is 0 Å². The third-order valence-corrected chi connectivity index (χ3v) is 4.84. The van der Waals surface area contributed by atoms with E-state index in [1.165, 1.54) is 0 Å². The summed E-state index contributed by atoms with van der Waals surface area (Å²) in [4.78, 5) is 12.5. The molecule has 0 aliphatic carbocycles. The van der Waals surface area contributed by atoms with Crippen LogP contribution in [-0.2, 0) is 12.5 Å². The lowest BCUT2D eigenvalue weighted by atomic mass is 10.1. The van der Waals surface area contributed by atoms with Crippen molar-refractivity contribution >= 4 is 23.5 Å². The minimum atomic E-state index is -0.126. The van der Waals surface area contributed by atoms with Gasteiger partial charge in [0.05, 0.1) is 5.56 Å². The largest absolute Gasteiger partial charge is 0.489 e. The van der Waals surface area contributed by atoms with Gasteiger partial charge in [-0.15, -0.1) is 11.6 Å². The number of ether oxygens (including phenoxy) is 2. The van der Waals surface area contributed by atoms with Gasteiger partial charge < -0.3 is 9.47 Å². The van der Waals surface area contributed by atoms with Crippen LogP contribution in [0.3, 0.4) is 0 Å². The first-order valence-corrected chi connectivity index (χ1v) is 9.83. The normalized spacial score (nSPS) is 14.2. The molecule has 0 N–H and O–H groups in total. The van der Waals surface area contributed by atoms with Gasteiger partial charge in [0.25, 0.3) is 0 Å². The fraction of sp³-hybridized carbons (Fsp3) is 0.0800. The second-order valence-corrected chi connectivity index (χ2v) is 6.90. The van der Waals surface area contributed by atoms with E-state index < -0.39 is 0 Å². The zero-order chi connectivity index (χ0) is 20.1. The molecule has 29 heavy (non-hydrogen) atoms. The van der Waals surface area contributed by atoms with Crippen LogP contribution in [0.2, 0.25) is 0 Å². The summed E-state index contributed by atoms with van der Waals surface area (Å²) in [5.74, 6) is 1.81. The van der Waals surface area contributed by atoms with E-state index in [2.05, 4.69) is 0 Å². The summed E-state index contributed by atoms with van der Waals surface area (Å²) < 4.78 is 11.6. The van der Waals surface area contributed by atoms with Gasteiger partial charge in [-0.05, 0) is 34.9 Å². The van der Waals surface area contributed by atoms with Crippen LogP contribution in [0.15, 0.2) is 90.7 Å². The SMILES string of the molecule is O=C1C(=CC=Cc2ccccc2)Oc2cc(OCc3cccc(CCl)c3)ccc21. The van der Waals surface area contributed by atoms with Crippen LogP contribution in [0, 0.1) is 0 Å². The first-order valence-electron chi connectivity index (χ1n) is 9.29. The Bertz CT molecular complexity index is 1080. The van der Waals surface area contributed by atoms with Gasteiger partial charge in [0.15, 0.2) is 5.76 Å². The number of allylic oxidation sites excluding steroid dienone is 3. The van der Waals surface area contributed by atoms with Crippen molar-refractivity contribution in [1.29, 1.82) is 0 Å². The number of halogens is 1. The van der Waals surface area contributed by atoms with Crippen molar-refractivity contribution in [2.24, 2.45) is 0 Å². The standard InChI is InChI=1S/C25H19ClO3/c26-16-19-9-4-10-20(14-19)17-28-21-12-13-22-24(15-21)29-23(25(22)27)11-5-8-18-6-2-1-3-7-18/h1-15H,16-17H2. The molecule has 0 bridgehead atoms. The number of hydrogen-bond acceptors (Lipinski definition) is 3. The third kappa shape index (κ3) is 4.58. The highest BCUT2D eigenvalue weighted by atomic mass is 35.5. The lowest BCUT2D eigenvalue weighted by Crippen LogP contribution is -1.97. The molecular formula is C25H19ClO3. The topological polar surface area (TPSA) is 35.5 Å². The van der Waals surface area contributed by atoms with E-state index in [1.54, 1.807) is 24.3 Å². The highest BCUT2D eigenvalue weighted by Gasteiger charge is 2.27. The van der Waals surface area contributed by atoms with Gasteiger partial charge in [0, 0.05) is 11.9 Å². The number of rotatable bonds is 6. The van der Waals surface area contributed by atoms with Crippen molar-refractivity contribution in [3.05, 3.63) is 113 Å². The van der Waals surface area contributed by atoms with Crippen molar-refractivity contribution in [2.45, 2.75) is 12.5 Å². The third-order valence-electron chi connectivity index (χ3n) is 4.53. The number of hydrogen-bond donors (Lipinski definition) is 0. The van der Waals surface area contributed by atoms with E-state index in [1.807, 2.05) is 66.7 Å². The molecular weight excluding hydrogens is 384 g/mol. The van der Waals surface area contributed by atoms with Crippen molar-refractivity contribution < 1.29 is 14.3 Å². The molecule has 0 radical (unpaired) electrons. The first kappa shape index (κ1) is 19.0. The number of fused-ring (bicyclic) bond motifs is 1. The smallest absolute Gasteiger partial charge is 0.231 e. The van der Waals surface area contributed by atoms with E-state index in [4.69, 9.17) is 21.1 Å². The molecule has 144 valence electrons. The summed E-state index contributed by atoms with van der Waals surface area (Å²) in [6, 6.07) is 23.1. The van der Waals surface area contributed by atoms with Crippen LogP contribution >= 0.6 is 11.6 Å². The van der Waals surface area contributed by atoms with Gasteiger partial charge in [0.1, 0.15) is 18.1 Å². The van der Waals surface area contributed by atoms with Crippen molar-refractivity contribution in [2.75, 3.05) is 0 Å². The Kier molecular flexibility index (Phi) is 5.78. The Balaban J connectivity index is 1.44. The molecule has 0 saturated heterocycles. The minimum Gasteiger partial charge on any atom is -0.489 e. The number of alkyl halides is 1. The molecule has 0 amide bonds. The lowest BCUT2D eigenvalue weighted by Gasteiger charge is -2.08. The van der Waals surface area contributed by atoms with Gasteiger partial charge >= 0.3 is 0 Å². The Morgan fingerprint density at radius 3 is 2.59 bits per heavy atom. The molecule has 4 rings (SSSR count). The van der Waals surface area contributed by atoms with Crippen molar-refractivity contribution in [3.63, 3.8) is 0 Å². The van der Waals surface area contributed by atoms with Crippen LogP contribution < -0.4 is 9.47 Å². The predicted molar refractivity (Wildman–Crippen MR) is 115 cm³/mol. The average Bonchev–Trinajstić information content (AvgIpc) is 3.08. The lowest BCUT2D eigenvalue weighted by molar-refractivity contribution is 0.101. The van der Waals surface area contributed by atoms with Crippen LogP contribution in [-0.4, -0.2) is 5.78 Å². The Morgan fingerprint density at radius 1 is 0.931 bits per heavy atom. The number of carbonyl (C=O) groups excluding carboxylic acids is 1. The fourth-order valence-corrected chi connectivity index (χ4v) is 3.22. The summed E-state index contributed by atoms with van der Waals surface area (Å²) in [7, 11) is 0. The molecule has 1 aliphatic heterocycles. The van der Waals surface area contributed by atoms with Crippen molar-refractivity contribution in [3.8, 4) is 11.5 Å². The van der Waals surface area contributed by atoms with Gasteiger partial charge in [-0.25, -0.2) is 0 Å². The molecule has 3 nitrogen and oxygen atoms in total. The fourth-order valence-electron chi connectivity index (χ4n) is 3.05. The van der Waals surface area contributed by atoms with Crippen LogP contribution in [0.4, 0.5) is 0 Å². The zero-order valence-corrected chi connectivity index (χ0v) is 16.4. The molecule has 3 aromatic rings. The molecule has 0 spiro atoms. The number of benzene rings is 3. The number of Topliss-reactive ketones (excluding diaryl/α,β-unsaturated/α-hetero) is 1. The first-order chi connectivity index (χ1) is 14.2. The average molecular weight is 403 g/mol. The van der Waals surface area contributed by atoms with Crippen LogP contribution in [0.25, 0.3) is 6.08 Å². The monoisotopic (exact) mass is 402 g/mol. The van der Waals surface area contributed by atoms with E-state index in [0.29, 0.717) is 35.3 Å². The molecule has 3 aromatic carbocycles. The maximum atomic E-state index is 12.5. The van der Waals surface area contributed by atoms with Gasteiger partial charge in [-0.3, -0.25) is 4.79 Å². The summed E-state index contributed by atoms with van der Waals surface area (Å²) >= 11 is 5.88. The molecule has 0 fully saturated rings. The predicted octanol–water partition coefficient (Wildman–Crippen LogP) is 6.18. The molecule has 0 saturated carbocycles. The van der Waals surface area contributed by atoms with Gasteiger partial charge in [-0.2, -0.15) is 0 Å². The summed E-state index contributed by atoms with van der Waals surface area (Å²) in [5.41, 5.74) is 3.68. The summed E-state index contributed by atoms with van der Waals surface area (Å²) in [5, 5.41) is 0. The quantitative estimate of drug-likeness (QED) is 0.365. The second kappa shape index (κ2) is 8.80. The van der Waals surface area contributed by atoms with E-state index in [9.17, 15) is 4.79 Å². The molecule has 0 unspecified atom stereocenters. The molecule has 1 aliphatic rings. The summed E-state index contributed by atoms with van der Waals surface area (Å²) in [6.45, 7) is 0.417. The zero-order valence-electron chi connectivity index (χ0n) is 15.7. The number of ketones is 1. The molecule has 4 heteroatoms. The summed E-state index contributed by atoms with van der Waals surface area (Å²) in [6.07, 6.45) is 5.43. The Labute approximate surface area is 174 Å². The van der Waals surface area contributed by atoms with Crippen LogP contribution in [0.5, 0.6) is 11.5 Å². The molecule has 1 heterocycles. The van der Waals surface area contributed by atoms with E-state index in [-0.39, 0.29) is 5.78 Å². The van der Waals surface area contributed by atoms with Gasteiger partial charge in [0.2, 0.25) is 5.78 Å². The van der Waals surface area contributed by atoms with E-state index in [0.717, 1.165) is 16.7 Å². The Hall–Kier alpha value is -3.30. The molecule has 0 atom stereocenters. The number of carbonyl (C=O) groups is 1.